The van der Waals surface area contributed by atoms with E-state index in [-0.39, 0.29) is 18.2 Å². The van der Waals surface area contributed by atoms with Gasteiger partial charge in [-0.15, -0.1) is 0 Å². The second-order valence-electron chi connectivity index (χ2n) is 4.36. The maximum atomic E-state index is 10.7. The fraction of sp³-hybridized carbons (Fsp3) is 0.308. The molecule has 2 rings (SSSR count). The number of halogens is 1. The molecule has 1 aromatic carbocycles. The predicted molar refractivity (Wildman–Crippen MR) is 85.6 cm³/mol. The largest absolute Gasteiger partial charge is 0.395 e. The van der Waals surface area contributed by atoms with E-state index in [1.165, 1.54) is 6.20 Å². The van der Waals surface area contributed by atoms with Crippen molar-refractivity contribution in [3.05, 3.63) is 39.5 Å². The Morgan fingerprint density at radius 3 is 2.50 bits per heavy atom. The van der Waals surface area contributed by atoms with Gasteiger partial charge in [0.15, 0.2) is 0 Å². The molecule has 2 N–H and O–H groups in total. The Hall–Kier alpha value is -1.74. The zero-order valence-electron chi connectivity index (χ0n) is 11.5. The van der Waals surface area contributed by atoms with Crippen molar-refractivity contribution in [1.82, 2.24) is 4.98 Å². The zero-order chi connectivity index (χ0) is 16.1. The lowest BCUT2D eigenvalue weighted by Gasteiger charge is -2.23. The summed E-state index contributed by atoms with van der Waals surface area (Å²) in [6.45, 7) is 0.661. The van der Waals surface area contributed by atoms with Crippen LogP contribution in [0.4, 0.5) is 10.7 Å². The molecule has 1 aromatic heterocycles. The molecule has 1 heterocycles. The van der Waals surface area contributed by atoms with Crippen molar-refractivity contribution in [3.63, 3.8) is 0 Å². The molecule has 9 heteroatoms. The highest BCUT2D eigenvalue weighted by Gasteiger charge is 2.16. The molecule has 0 aliphatic heterocycles. The van der Waals surface area contributed by atoms with E-state index in [1.807, 2.05) is 0 Å². The Morgan fingerprint density at radius 1 is 1.32 bits per heavy atom. The number of aliphatic hydroxyl groups is 2. The van der Waals surface area contributed by atoms with E-state index < -0.39 is 4.92 Å². The zero-order valence-corrected chi connectivity index (χ0v) is 13.0. The second-order valence-corrected chi connectivity index (χ2v) is 5.78. The maximum Gasteiger partial charge on any atom is 0.344 e. The van der Waals surface area contributed by atoms with Crippen LogP contribution in [0, 0.1) is 10.1 Å². The van der Waals surface area contributed by atoms with Crippen molar-refractivity contribution in [2.45, 2.75) is 0 Å². The first-order valence-electron chi connectivity index (χ1n) is 6.43. The van der Waals surface area contributed by atoms with Crippen LogP contribution in [0.3, 0.4) is 0 Å². The standard InChI is InChI=1S/C13H14ClN3O4S/c14-11-7-9(16(3-5-18)4-6-19)1-2-10(11)13-15-8-12(22-13)17(20)21/h1-2,7-8,18-19H,3-6H2. The molecule has 2 aromatic rings. The number of rotatable bonds is 7. The lowest BCUT2D eigenvalue weighted by molar-refractivity contribution is -0.380. The highest BCUT2D eigenvalue weighted by Crippen LogP contribution is 2.36. The van der Waals surface area contributed by atoms with Gasteiger partial charge in [-0.1, -0.05) is 11.6 Å². The van der Waals surface area contributed by atoms with Crippen LogP contribution in [0.1, 0.15) is 0 Å². The van der Waals surface area contributed by atoms with Gasteiger partial charge in [0.2, 0.25) is 0 Å². The second kappa shape index (κ2) is 7.50. The van der Waals surface area contributed by atoms with Crippen molar-refractivity contribution < 1.29 is 15.1 Å². The molecule has 0 saturated carbocycles. The van der Waals surface area contributed by atoms with E-state index in [0.717, 1.165) is 17.0 Å². The van der Waals surface area contributed by atoms with Crippen LogP contribution in [0.2, 0.25) is 5.02 Å². The van der Waals surface area contributed by atoms with Gasteiger partial charge in [-0.2, -0.15) is 0 Å². The average molecular weight is 344 g/mol. The average Bonchev–Trinajstić information content (AvgIpc) is 2.96. The first-order chi connectivity index (χ1) is 10.6. The van der Waals surface area contributed by atoms with Crippen LogP contribution in [0.15, 0.2) is 24.4 Å². The van der Waals surface area contributed by atoms with Gasteiger partial charge in [-0.3, -0.25) is 10.1 Å². The van der Waals surface area contributed by atoms with Crippen LogP contribution >= 0.6 is 22.9 Å². The van der Waals surface area contributed by atoms with Gasteiger partial charge in [0, 0.05) is 24.3 Å². The third kappa shape index (κ3) is 3.72. The SMILES string of the molecule is O=[N+]([O-])c1cnc(-c2ccc(N(CCO)CCO)cc2Cl)s1. The van der Waals surface area contributed by atoms with Gasteiger partial charge in [-0.05, 0) is 29.5 Å². The highest BCUT2D eigenvalue weighted by molar-refractivity contribution is 7.18. The van der Waals surface area contributed by atoms with E-state index in [4.69, 9.17) is 21.8 Å². The fourth-order valence-electron chi connectivity index (χ4n) is 1.96. The summed E-state index contributed by atoms with van der Waals surface area (Å²) in [6.07, 6.45) is 1.20. The van der Waals surface area contributed by atoms with E-state index in [0.29, 0.717) is 28.7 Å². The minimum absolute atomic E-state index is 0.0436. The number of nitrogens with zero attached hydrogens (tertiary/aromatic N) is 3. The summed E-state index contributed by atoms with van der Waals surface area (Å²) >= 11 is 7.20. The molecule has 22 heavy (non-hydrogen) atoms. The number of aromatic nitrogens is 1. The van der Waals surface area contributed by atoms with Gasteiger partial charge in [0.05, 0.1) is 23.2 Å². The third-order valence-corrected chi connectivity index (χ3v) is 4.26. The van der Waals surface area contributed by atoms with Crippen molar-refractivity contribution in [3.8, 4) is 10.6 Å². The Labute approximate surface area is 135 Å². The molecule has 0 fully saturated rings. The van der Waals surface area contributed by atoms with Crippen molar-refractivity contribution in [1.29, 1.82) is 0 Å². The molecule has 0 radical (unpaired) electrons. The molecule has 118 valence electrons. The van der Waals surface area contributed by atoms with Crippen LogP contribution in [0.5, 0.6) is 0 Å². The summed E-state index contributed by atoms with van der Waals surface area (Å²) in [4.78, 5) is 16.0. The summed E-state index contributed by atoms with van der Waals surface area (Å²) < 4.78 is 0. The molecular formula is C13H14ClN3O4S. The summed E-state index contributed by atoms with van der Waals surface area (Å²) in [5.41, 5.74) is 1.36. The van der Waals surface area contributed by atoms with Gasteiger partial charge >= 0.3 is 5.00 Å². The molecule has 0 bridgehead atoms. The van der Waals surface area contributed by atoms with Crippen molar-refractivity contribution in [2.24, 2.45) is 0 Å². The summed E-state index contributed by atoms with van der Waals surface area (Å²) in [5.74, 6) is 0. The molecule has 0 aliphatic carbocycles. The molecular weight excluding hydrogens is 330 g/mol. The quantitative estimate of drug-likeness (QED) is 0.590. The van der Waals surface area contributed by atoms with E-state index in [2.05, 4.69) is 4.98 Å². The first-order valence-corrected chi connectivity index (χ1v) is 7.63. The maximum absolute atomic E-state index is 10.7. The number of anilines is 1. The molecule has 0 amide bonds. The lowest BCUT2D eigenvalue weighted by atomic mass is 10.2. The van der Waals surface area contributed by atoms with Gasteiger partial charge in [0.25, 0.3) is 0 Å². The number of hydrogen-bond acceptors (Lipinski definition) is 7. The number of benzene rings is 1. The van der Waals surface area contributed by atoms with Gasteiger partial charge in [0.1, 0.15) is 11.2 Å². The number of nitro groups is 1. The Kier molecular flexibility index (Phi) is 5.67. The van der Waals surface area contributed by atoms with Crippen molar-refractivity contribution in [2.75, 3.05) is 31.2 Å². The fourth-order valence-corrected chi connectivity index (χ4v) is 3.05. The topological polar surface area (TPSA) is 99.7 Å². The van der Waals surface area contributed by atoms with Crippen LogP contribution < -0.4 is 4.90 Å². The summed E-state index contributed by atoms with van der Waals surface area (Å²) in [5, 5.41) is 29.6. The third-order valence-electron chi connectivity index (χ3n) is 2.96. The lowest BCUT2D eigenvalue weighted by Crippen LogP contribution is -2.29. The number of thiazole rings is 1. The monoisotopic (exact) mass is 343 g/mol. The highest BCUT2D eigenvalue weighted by atomic mass is 35.5. The molecule has 0 saturated heterocycles. The van der Waals surface area contributed by atoms with E-state index in [9.17, 15) is 10.1 Å². The normalized spacial score (nSPS) is 10.7. The Balaban J connectivity index is 2.30. The number of aliphatic hydroxyl groups excluding tert-OH is 2. The van der Waals surface area contributed by atoms with Crippen LogP contribution in [0.25, 0.3) is 10.6 Å². The van der Waals surface area contributed by atoms with Gasteiger partial charge in [-0.25, -0.2) is 4.98 Å². The summed E-state index contributed by atoms with van der Waals surface area (Å²) in [7, 11) is 0. The predicted octanol–water partition coefficient (Wildman–Crippen LogP) is 2.16. The Morgan fingerprint density at radius 2 is 2.00 bits per heavy atom. The van der Waals surface area contributed by atoms with Crippen LogP contribution in [-0.4, -0.2) is 46.4 Å². The smallest absolute Gasteiger partial charge is 0.344 e. The minimum Gasteiger partial charge on any atom is -0.395 e. The molecule has 0 atom stereocenters. The molecule has 7 nitrogen and oxygen atoms in total. The van der Waals surface area contributed by atoms with E-state index >= 15 is 0 Å². The van der Waals surface area contributed by atoms with Crippen LogP contribution in [-0.2, 0) is 0 Å². The van der Waals surface area contributed by atoms with E-state index in [1.54, 1.807) is 23.1 Å². The van der Waals surface area contributed by atoms with Crippen molar-refractivity contribution >= 4 is 33.6 Å². The summed E-state index contributed by atoms with van der Waals surface area (Å²) in [6, 6.07) is 5.19. The molecule has 0 unspecified atom stereocenters. The minimum atomic E-state index is -0.492. The van der Waals surface area contributed by atoms with Gasteiger partial charge < -0.3 is 15.1 Å². The first kappa shape index (κ1) is 16.6. The molecule has 0 aliphatic rings. The molecule has 0 spiro atoms. The Bertz CT molecular complexity index is 658. The number of hydrogen-bond donors (Lipinski definition) is 2.